The van der Waals surface area contributed by atoms with E-state index in [2.05, 4.69) is 36.1 Å². The molecule has 0 aliphatic heterocycles. The summed E-state index contributed by atoms with van der Waals surface area (Å²) in [6, 6.07) is 2.59. The van der Waals surface area contributed by atoms with Crippen LogP contribution in [0.15, 0.2) is 6.07 Å². The first-order chi connectivity index (χ1) is 9.63. The Bertz CT molecular complexity index is 404. The van der Waals surface area contributed by atoms with E-state index in [0.717, 1.165) is 24.6 Å². The van der Waals surface area contributed by atoms with Gasteiger partial charge in [0.2, 0.25) is 0 Å². The Morgan fingerprint density at radius 3 is 2.60 bits per heavy atom. The molecule has 0 atom stereocenters. The topological polar surface area (TPSA) is 67.1 Å². The van der Waals surface area contributed by atoms with Crippen LogP contribution < -0.4 is 16.2 Å². The third kappa shape index (κ3) is 3.60. The van der Waals surface area contributed by atoms with Gasteiger partial charge < -0.3 is 10.3 Å². The summed E-state index contributed by atoms with van der Waals surface area (Å²) in [4.78, 5) is 11.6. The number of nitrogens with zero attached hydrogens (tertiary/aromatic N) is 3. The molecule has 2 rings (SSSR count). The standard InChI is InChI=1S/C15H27N5/c1-4-13-17-14(19-16)9-15(18-13)20(10-11(2)3)12-7-5-6-8-12/h9,11-12H,4-8,10,16H2,1-3H3,(H,17,18,19). The first-order valence-electron chi connectivity index (χ1n) is 7.75. The quantitative estimate of drug-likeness (QED) is 0.618. The smallest absolute Gasteiger partial charge is 0.145 e. The molecule has 0 unspecified atom stereocenters. The third-order valence-electron chi connectivity index (χ3n) is 3.84. The highest BCUT2D eigenvalue weighted by atomic mass is 15.3. The predicted molar refractivity (Wildman–Crippen MR) is 83.7 cm³/mol. The predicted octanol–water partition coefficient (Wildman–Crippen LogP) is 2.73. The summed E-state index contributed by atoms with van der Waals surface area (Å²) in [7, 11) is 0. The van der Waals surface area contributed by atoms with E-state index in [9.17, 15) is 0 Å². The lowest BCUT2D eigenvalue weighted by atomic mass is 10.1. The van der Waals surface area contributed by atoms with E-state index in [1.165, 1.54) is 25.7 Å². The second-order valence-electron chi connectivity index (χ2n) is 6.01. The van der Waals surface area contributed by atoms with E-state index in [4.69, 9.17) is 10.8 Å². The number of aryl methyl sites for hydroxylation is 1. The van der Waals surface area contributed by atoms with Gasteiger partial charge in [0.05, 0.1) is 0 Å². The second-order valence-corrected chi connectivity index (χ2v) is 6.01. The summed E-state index contributed by atoms with van der Waals surface area (Å²) in [5.41, 5.74) is 2.66. The van der Waals surface area contributed by atoms with Crippen LogP contribution in [0.3, 0.4) is 0 Å². The Kier molecular flexibility index (Phi) is 5.17. The maximum Gasteiger partial charge on any atom is 0.145 e. The van der Waals surface area contributed by atoms with Crippen molar-refractivity contribution in [2.45, 2.75) is 58.9 Å². The molecule has 0 spiro atoms. The summed E-state index contributed by atoms with van der Waals surface area (Å²) >= 11 is 0. The number of anilines is 2. The Labute approximate surface area is 121 Å². The second kappa shape index (κ2) is 6.88. The van der Waals surface area contributed by atoms with Crippen molar-refractivity contribution < 1.29 is 0 Å². The van der Waals surface area contributed by atoms with Crippen LogP contribution in [-0.4, -0.2) is 22.6 Å². The van der Waals surface area contributed by atoms with Crippen LogP contribution in [0.2, 0.25) is 0 Å². The fraction of sp³-hybridized carbons (Fsp3) is 0.733. The van der Waals surface area contributed by atoms with Crippen LogP contribution >= 0.6 is 0 Å². The molecule has 1 heterocycles. The molecule has 112 valence electrons. The minimum Gasteiger partial charge on any atom is -0.353 e. The first-order valence-corrected chi connectivity index (χ1v) is 7.75. The van der Waals surface area contributed by atoms with Gasteiger partial charge in [0.1, 0.15) is 17.5 Å². The molecule has 1 aliphatic carbocycles. The van der Waals surface area contributed by atoms with Crippen molar-refractivity contribution in [3.63, 3.8) is 0 Å². The van der Waals surface area contributed by atoms with Crippen molar-refractivity contribution in [3.8, 4) is 0 Å². The van der Waals surface area contributed by atoms with E-state index < -0.39 is 0 Å². The number of nitrogen functional groups attached to an aromatic ring is 1. The Hall–Kier alpha value is -1.36. The summed E-state index contributed by atoms with van der Waals surface area (Å²) in [5, 5.41) is 0. The number of rotatable bonds is 6. The Morgan fingerprint density at radius 1 is 1.35 bits per heavy atom. The molecule has 5 heteroatoms. The number of aromatic nitrogens is 2. The molecule has 0 aromatic carbocycles. The van der Waals surface area contributed by atoms with Crippen LogP contribution in [0.25, 0.3) is 0 Å². The zero-order chi connectivity index (χ0) is 14.5. The van der Waals surface area contributed by atoms with Crippen LogP contribution in [0.4, 0.5) is 11.6 Å². The highest BCUT2D eigenvalue weighted by Gasteiger charge is 2.25. The van der Waals surface area contributed by atoms with E-state index in [-0.39, 0.29) is 0 Å². The van der Waals surface area contributed by atoms with Gasteiger partial charge in [-0.3, -0.25) is 0 Å². The summed E-state index contributed by atoms with van der Waals surface area (Å²) in [6.45, 7) is 7.62. The third-order valence-corrected chi connectivity index (χ3v) is 3.84. The van der Waals surface area contributed by atoms with Crippen molar-refractivity contribution in [3.05, 3.63) is 11.9 Å². The number of hydrogen-bond donors (Lipinski definition) is 2. The highest BCUT2D eigenvalue weighted by Crippen LogP contribution is 2.29. The monoisotopic (exact) mass is 277 g/mol. The first kappa shape index (κ1) is 15.0. The van der Waals surface area contributed by atoms with E-state index in [1.54, 1.807) is 0 Å². The van der Waals surface area contributed by atoms with E-state index in [1.807, 2.05) is 6.07 Å². The average Bonchev–Trinajstić information content (AvgIpc) is 2.97. The minimum atomic E-state index is 0.614. The largest absolute Gasteiger partial charge is 0.353 e. The molecule has 0 radical (unpaired) electrons. The lowest BCUT2D eigenvalue weighted by Crippen LogP contribution is -2.37. The number of nitrogens with two attached hydrogens (primary N) is 1. The van der Waals surface area contributed by atoms with Gasteiger partial charge in [-0.15, -0.1) is 0 Å². The molecule has 0 saturated heterocycles. The average molecular weight is 277 g/mol. The molecular formula is C15H27N5. The van der Waals surface area contributed by atoms with E-state index in [0.29, 0.717) is 17.8 Å². The maximum absolute atomic E-state index is 5.54. The normalized spacial score (nSPS) is 15.8. The summed E-state index contributed by atoms with van der Waals surface area (Å²) < 4.78 is 0. The zero-order valence-corrected chi connectivity index (χ0v) is 12.9. The molecule has 5 nitrogen and oxygen atoms in total. The van der Waals surface area contributed by atoms with Crippen LogP contribution in [0.5, 0.6) is 0 Å². The van der Waals surface area contributed by atoms with Gasteiger partial charge in [-0.2, -0.15) is 0 Å². The molecule has 1 saturated carbocycles. The zero-order valence-electron chi connectivity index (χ0n) is 12.9. The SMILES string of the molecule is CCc1nc(NN)cc(N(CC(C)C)C2CCCC2)n1. The molecule has 20 heavy (non-hydrogen) atoms. The molecule has 0 bridgehead atoms. The van der Waals surface area contributed by atoms with E-state index >= 15 is 0 Å². The molecule has 3 N–H and O–H groups in total. The lowest BCUT2D eigenvalue weighted by molar-refractivity contribution is 0.530. The Balaban J connectivity index is 2.30. The highest BCUT2D eigenvalue weighted by molar-refractivity contribution is 5.49. The number of hydrogen-bond acceptors (Lipinski definition) is 5. The van der Waals surface area contributed by atoms with Crippen LogP contribution in [-0.2, 0) is 6.42 Å². The van der Waals surface area contributed by atoms with Crippen molar-refractivity contribution in [2.24, 2.45) is 11.8 Å². The summed E-state index contributed by atoms with van der Waals surface area (Å²) in [5.74, 6) is 8.73. The molecule has 1 fully saturated rings. The maximum atomic E-state index is 5.54. The van der Waals surface area contributed by atoms with Crippen LogP contribution in [0.1, 0.15) is 52.3 Å². The van der Waals surface area contributed by atoms with Gasteiger partial charge in [0, 0.05) is 25.1 Å². The van der Waals surface area contributed by atoms with Crippen molar-refractivity contribution in [2.75, 3.05) is 16.9 Å². The van der Waals surface area contributed by atoms with Gasteiger partial charge in [0.15, 0.2) is 0 Å². The Morgan fingerprint density at radius 2 is 2.05 bits per heavy atom. The van der Waals surface area contributed by atoms with Gasteiger partial charge in [-0.1, -0.05) is 33.6 Å². The number of hydrazine groups is 1. The molecule has 1 aromatic heterocycles. The minimum absolute atomic E-state index is 0.614. The molecular weight excluding hydrogens is 250 g/mol. The summed E-state index contributed by atoms with van der Waals surface area (Å²) in [6.07, 6.45) is 6.01. The fourth-order valence-corrected chi connectivity index (χ4v) is 2.90. The van der Waals surface area contributed by atoms with Crippen molar-refractivity contribution >= 4 is 11.6 Å². The van der Waals surface area contributed by atoms with Crippen molar-refractivity contribution in [1.82, 2.24) is 9.97 Å². The molecule has 0 amide bonds. The van der Waals surface area contributed by atoms with Gasteiger partial charge in [-0.25, -0.2) is 15.8 Å². The van der Waals surface area contributed by atoms with Gasteiger partial charge in [0.25, 0.3) is 0 Å². The number of nitrogens with one attached hydrogen (secondary N) is 1. The molecule has 1 aromatic rings. The van der Waals surface area contributed by atoms with Crippen LogP contribution in [0, 0.1) is 5.92 Å². The van der Waals surface area contributed by atoms with Crippen molar-refractivity contribution in [1.29, 1.82) is 0 Å². The van der Waals surface area contributed by atoms with Gasteiger partial charge >= 0.3 is 0 Å². The fourth-order valence-electron chi connectivity index (χ4n) is 2.90. The molecule has 1 aliphatic rings. The van der Waals surface area contributed by atoms with Gasteiger partial charge in [-0.05, 0) is 18.8 Å². The lowest BCUT2D eigenvalue weighted by Gasteiger charge is -2.32.